The molecular weight excluding hydrogens is 348 g/mol. The second-order valence-corrected chi connectivity index (χ2v) is 9.11. The number of aromatic nitrogens is 1. The molecule has 0 aliphatic carbocycles. The molecule has 3 aromatic rings. The Morgan fingerprint density at radius 1 is 1.16 bits per heavy atom. The average molecular weight is 371 g/mol. The molecule has 0 N–H and O–H groups in total. The molecule has 0 unspecified atom stereocenters. The Bertz CT molecular complexity index is 995. The average Bonchev–Trinajstić information content (AvgIpc) is 2.84. The van der Waals surface area contributed by atoms with Gasteiger partial charge in [-0.2, -0.15) is 4.99 Å². The first-order valence-electron chi connectivity index (χ1n) is 8.27. The fraction of sp³-hybridized carbons (Fsp3) is 0.300. The van der Waals surface area contributed by atoms with Crippen LogP contribution >= 0.6 is 23.1 Å². The minimum atomic E-state index is -0.197. The molecule has 25 heavy (non-hydrogen) atoms. The molecule has 3 nitrogen and oxygen atoms in total. The lowest BCUT2D eigenvalue weighted by Crippen LogP contribution is -2.13. The number of nitrogens with zero attached hydrogens (tertiary/aromatic N) is 2. The zero-order valence-corrected chi connectivity index (χ0v) is 16.8. The molecular formula is C20H22N2OS2. The highest BCUT2D eigenvalue weighted by atomic mass is 32.2. The number of rotatable bonds is 3. The van der Waals surface area contributed by atoms with Crippen molar-refractivity contribution in [3.8, 4) is 0 Å². The highest BCUT2D eigenvalue weighted by Crippen LogP contribution is 2.24. The topological polar surface area (TPSA) is 34.4 Å². The van der Waals surface area contributed by atoms with Crippen molar-refractivity contribution in [3.05, 3.63) is 57.9 Å². The smallest absolute Gasteiger partial charge is 0.279 e. The molecule has 0 aliphatic heterocycles. The summed E-state index contributed by atoms with van der Waals surface area (Å²) in [4.78, 5) is 18.8. The van der Waals surface area contributed by atoms with Crippen molar-refractivity contribution in [2.45, 2.75) is 37.8 Å². The highest BCUT2D eigenvalue weighted by molar-refractivity contribution is 7.99. The van der Waals surface area contributed by atoms with Gasteiger partial charge in [-0.1, -0.05) is 31.3 Å². The number of hydrogen-bond donors (Lipinski definition) is 0. The number of aryl methyl sites for hydroxylation is 3. The van der Waals surface area contributed by atoms with Crippen LogP contribution in [-0.4, -0.2) is 15.7 Å². The monoisotopic (exact) mass is 370 g/mol. The van der Waals surface area contributed by atoms with Crippen molar-refractivity contribution in [1.82, 2.24) is 4.57 Å². The molecule has 130 valence electrons. The van der Waals surface area contributed by atoms with Crippen LogP contribution in [0.15, 0.2) is 46.3 Å². The van der Waals surface area contributed by atoms with Crippen molar-refractivity contribution in [2.75, 3.05) is 0 Å². The van der Waals surface area contributed by atoms with Gasteiger partial charge in [0.1, 0.15) is 0 Å². The summed E-state index contributed by atoms with van der Waals surface area (Å²) in [7, 11) is 1.96. The third kappa shape index (κ3) is 3.88. The van der Waals surface area contributed by atoms with Crippen molar-refractivity contribution < 1.29 is 4.79 Å². The third-order valence-electron chi connectivity index (χ3n) is 3.91. The Morgan fingerprint density at radius 2 is 1.84 bits per heavy atom. The maximum atomic E-state index is 12.5. The van der Waals surface area contributed by atoms with Crippen molar-refractivity contribution >= 4 is 39.2 Å². The van der Waals surface area contributed by atoms with E-state index >= 15 is 0 Å². The van der Waals surface area contributed by atoms with E-state index in [2.05, 4.69) is 44.8 Å². The molecule has 5 heteroatoms. The fourth-order valence-electron chi connectivity index (χ4n) is 2.77. The minimum Gasteiger partial charge on any atom is -0.319 e. The van der Waals surface area contributed by atoms with Crippen LogP contribution < -0.4 is 4.80 Å². The molecule has 0 atom stereocenters. The first-order valence-corrected chi connectivity index (χ1v) is 9.97. The van der Waals surface area contributed by atoms with Gasteiger partial charge in [0.05, 0.1) is 10.2 Å². The van der Waals surface area contributed by atoms with Gasteiger partial charge in [-0.05, 0) is 55.3 Å². The summed E-state index contributed by atoms with van der Waals surface area (Å²) in [6, 6.07) is 12.0. The molecule has 2 aromatic carbocycles. The van der Waals surface area contributed by atoms with Gasteiger partial charge in [-0.25, -0.2) is 0 Å². The maximum absolute atomic E-state index is 12.5. The first-order chi connectivity index (χ1) is 11.8. The molecule has 0 spiro atoms. The molecule has 0 bridgehead atoms. The van der Waals surface area contributed by atoms with Gasteiger partial charge < -0.3 is 4.57 Å². The van der Waals surface area contributed by atoms with E-state index in [1.807, 2.05) is 35.9 Å². The summed E-state index contributed by atoms with van der Waals surface area (Å²) in [6.45, 7) is 8.50. The van der Waals surface area contributed by atoms with E-state index in [-0.39, 0.29) is 5.91 Å². The molecule has 0 fully saturated rings. The molecule has 3 rings (SSSR count). The van der Waals surface area contributed by atoms with Crippen LogP contribution in [0.2, 0.25) is 0 Å². The fourth-order valence-corrected chi connectivity index (χ4v) is 4.68. The Morgan fingerprint density at radius 3 is 2.48 bits per heavy atom. The van der Waals surface area contributed by atoms with Gasteiger partial charge in [-0.3, -0.25) is 4.79 Å². The van der Waals surface area contributed by atoms with Crippen LogP contribution in [0.1, 0.15) is 35.3 Å². The summed E-state index contributed by atoms with van der Waals surface area (Å²) in [5.41, 5.74) is 4.19. The van der Waals surface area contributed by atoms with Crippen molar-refractivity contribution in [2.24, 2.45) is 12.0 Å². The van der Waals surface area contributed by atoms with E-state index in [4.69, 9.17) is 0 Å². The van der Waals surface area contributed by atoms with E-state index in [0.717, 1.165) is 10.3 Å². The Labute approximate surface area is 156 Å². The number of hydrogen-bond acceptors (Lipinski definition) is 3. The van der Waals surface area contributed by atoms with Crippen LogP contribution in [0.5, 0.6) is 0 Å². The second-order valence-electron chi connectivity index (χ2n) is 6.48. The normalized spacial score (nSPS) is 12.3. The quantitative estimate of drug-likeness (QED) is 0.601. The summed E-state index contributed by atoms with van der Waals surface area (Å²) in [5.74, 6) is -0.197. The molecule has 0 aliphatic rings. The lowest BCUT2D eigenvalue weighted by Gasteiger charge is -2.04. The minimum absolute atomic E-state index is 0.197. The van der Waals surface area contributed by atoms with Gasteiger partial charge >= 0.3 is 0 Å². The molecule has 1 amide bonds. The SMILES string of the molecule is Cc1cc(C)c2sc(=NC(=O)c3ccc(SC(C)C)cc3)n(C)c2c1. The van der Waals surface area contributed by atoms with Crippen LogP contribution in [-0.2, 0) is 7.05 Å². The summed E-state index contributed by atoms with van der Waals surface area (Å²) < 4.78 is 3.18. The van der Waals surface area contributed by atoms with Crippen LogP contribution in [0.3, 0.4) is 0 Å². The molecule has 0 saturated carbocycles. The number of fused-ring (bicyclic) bond motifs is 1. The van der Waals surface area contributed by atoms with Crippen LogP contribution in [0, 0.1) is 13.8 Å². The zero-order valence-electron chi connectivity index (χ0n) is 15.2. The number of thiazole rings is 1. The Hall–Kier alpha value is -1.85. The summed E-state index contributed by atoms with van der Waals surface area (Å²) in [6.07, 6.45) is 0. The third-order valence-corrected chi connectivity index (χ3v) is 6.21. The molecule has 0 saturated heterocycles. The lowest BCUT2D eigenvalue weighted by atomic mass is 10.1. The Kier molecular flexibility index (Phi) is 5.16. The van der Waals surface area contributed by atoms with Gasteiger partial charge in [0.15, 0.2) is 4.80 Å². The number of benzene rings is 2. The van der Waals surface area contributed by atoms with E-state index in [9.17, 15) is 4.79 Å². The second kappa shape index (κ2) is 7.18. The molecule has 0 radical (unpaired) electrons. The van der Waals surface area contributed by atoms with Crippen molar-refractivity contribution in [1.29, 1.82) is 0 Å². The lowest BCUT2D eigenvalue weighted by molar-refractivity contribution is 0.0998. The Balaban J connectivity index is 1.97. The van der Waals surface area contributed by atoms with Crippen molar-refractivity contribution in [3.63, 3.8) is 0 Å². The van der Waals surface area contributed by atoms with Gasteiger partial charge in [-0.15, -0.1) is 11.8 Å². The molecule has 1 aromatic heterocycles. The number of amides is 1. The summed E-state index contributed by atoms with van der Waals surface area (Å²) >= 11 is 3.35. The van der Waals surface area contributed by atoms with E-state index in [1.165, 1.54) is 20.7 Å². The van der Waals surface area contributed by atoms with E-state index in [0.29, 0.717) is 10.8 Å². The largest absolute Gasteiger partial charge is 0.319 e. The van der Waals surface area contributed by atoms with Gasteiger partial charge in [0, 0.05) is 22.8 Å². The van der Waals surface area contributed by atoms with Gasteiger partial charge in [0.25, 0.3) is 5.91 Å². The number of carbonyl (C=O) groups is 1. The zero-order chi connectivity index (χ0) is 18.1. The highest BCUT2D eigenvalue weighted by Gasteiger charge is 2.09. The van der Waals surface area contributed by atoms with Crippen LogP contribution in [0.25, 0.3) is 10.2 Å². The maximum Gasteiger partial charge on any atom is 0.279 e. The van der Waals surface area contributed by atoms with Gasteiger partial charge in [0.2, 0.25) is 0 Å². The van der Waals surface area contributed by atoms with Crippen LogP contribution in [0.4, 0.5) is 0 Å². The van der Waals surface area contributed by atoms with E-state index < -0.39 is 0 Å². The summed E-state index contributed by atoms with van der Waals surface area (Å²) in [5, 5.41) is 0.524. The standard InChI is InChI=1S/C20H22N2OS2/c1-12(2)24-16-8-6-15(7-9-16)19(23)21-20-22(5)17-11-13(3)10-14(4)18(17)25-20/h6-12H,1-5H3. The molecule has 1 heterocycles. The predicted octanol–water partition coefficient (Wildman–Crippen LogP) is 5.10. The number of carbonyl (C=O) groups excluding carboxylic acids is 1. The first kappa shape index (κ1) is 18.0. The number of thioether (sulfide) groups is 1. The van der Waals surface area contributed by atoms with E-state index in [1.54, 1.807) is 23.1 Å². The predicted molar refractivity (Wildman–Crippen MR) is 108 cm³/mol.